The molecule has 1 rings (SSSR count). The largest absolute Gasteiger partial charge is 0.302 e. The van der Waals surface area contributed by atoms with Crippen molar-refractivity contribution in [3.8, 4) is 0 Å². The fourth-order valence-corrected chi connectivity index (χ4v) is 1.95. The Labute approximate surface area is 119 Å². The van der Waals surface area contributed by atoms with Crippen molar-refractivity contribution in [2.24, 2.45) is 0 Å². The second kappa shape index (κ2) is 8.02. The van der Waals surface area contributed by atoms with Crippen LogP contribution in [0.1, 0.15) is 22.5 Å². The summed E-state index contributed by atoms with van der Waals surface area (Å²) in [7, 11) is 0. The highest BCUT2D eigenvalue weighted by molar-refractivity contribution is 7.80. The molecule has 0 unspecified atom stereocenters. The highest BCUT2D eigenvalue weighted by atomic mass is 35.5. The number of hydrazine groups is 1. The highest BCUT2D eigenvalue weighted by Gasteiger charge is 2.07. The Kier molecular flexibility index (Phi) is 6.63. The number of hydrogen-bond acceptors (Lipinski definition) is 4. The molecular weight excluding hydrogens is 294 g/mol. The Bertz CT molecular complexity index is 423. The first kappa shape index (κ1) is 14.9. The van der Waals surface area contributed by atoms with Crippen LogP contribution in [0.5, 0.6) is 0 Å². The van der Waals surface area contributed by atoms with Crippen molar-refractivity contribution >= 4 is 52.1 Å². The number of carbonyl (C=O) groups is 2. The van der Waals surface area contributed by atoms with E-state index >= 15 is 0 Å². The van der Waals surface area contributed by atoms with E-state index in [9.17, 15) is 9.59 Å². The molecule has 0 aliphatic heterocycles. The second-order valence-electron chi connectivity index (χ2n) is 3.23. The van der Waals surface area contributed by atoms with E-state index < -0.39 is 0 Å². The average Bonchev–Trinajstić information content (AvgIpc) is 2.87. The van der Waals surface area contributed by atoms with Crippen LogP contribution in [0.2, 0.25) is 0 Å². The van der Waals surface area contributed by atoms with Crippen LogP contribution in [0.4, 0.5) is 0 Å². The van der Waals surface area contributed by atoms with E-state index in [1.165, 1.54) is 11.3 Å². The van der Waals surface area contributed by atoms with Crippen molar-refractivity contribution in [3.63, 3.8) is 0 Å². The van der Waals surface area contributed by atoms with Gasteiger partial charge in [0.05, 0.1) is 4.88 Å². The smallest absolute Gasteiger partial charge is 0.279 e. The van der Waals surface area contributed by atoms with Gasteiger partial charge in [-0.2, -0.15) is 0 Å². The molecule has 2 amide bonds. The van der Waals surface area contributed by atoms with Crippen molar-refractivity contribution in [1.82, 2.24) is 16.2 Å². The van der Waals surface area contributed by atoms with Crippen LogP contribution in [0.3, 0.4) is 0 Å². The Hall–Kier alpha value is -1.18. The van der Waals surface area contributed by atoms with Gasteiger partial charge < -0.3 is 5.32 Å². The lowest BCUT2D eigenvalue weighted by Crippen LogP contribution is -2.48. The van der Waals surface area contributed by atoms with Crippen LogP contribution >= 0.6 is 35.2 Å². The highest BCUT2D eigenvalue weighted by Crippen LogP contribution is 2.06. The molecule has 0 fully saturated rings. The predicted octanol–water partition coefficient (Wildman–Crippen LogP) is 1.40. The zero-order valence-corrected chi connectivity index (χ0v) is 11.8. The van der Waals surface area contributed by atoms with Gasteiger partial charge in [-0.05, 0) is 30.1 Å². The summed E-state index contributed by atoms with van der Waals surface area (Å²) in [4.78, 5) is 23.3. The monoisotopic (exact) mass is 305 g/mol. The van der Waals surface area contributed by atoms with Crippen LogP contribution in [-0.2, 0) is 4.79 Å². The first-order chi connectivity index (χ1) is 8.63. The van der Waals surface area contributed by atoms with Gasteiger partial charge in [0.1, 0.15) is 0 Å². The third-order valence-corrected chi connectivity index (χ3v) is 3.16. The summed E-state index contributed by atoms with van der Waals surface area (Å²) >= 11 is 11.6. The molecular formula is C10H12ClN3O2S2. The van der Waals surface area contributed by atoms with Gasteiger partial charge in [0.15, 0.2) is 5.11 Å². The number of thiophene rings is 1. The number of alkyl halides is 1. The normalized spacial score (nSPS) is 9.61. The quantitative estimate of drug-likeness (QED) is 0.447. The molecule has 1 aromatic heterocycles. The van der Waals surface area contributed by atoms with E-state index in [1.807, 2.05) is 0 Å². The fourth-order valence-electron chi connectivity index (χ4n) is 1.03. The lowest BCUT2D eigenvalue weighted by Gasteiger charge is -2.09. The topological polar surface area (TPSA) is 70.2 Å². The van der Waals surface area contributed by atoms with Crippen molar-refractivity contribution in [3.05, 3.63) is 22.4 Å². The number of thiocarbonyl (C=S) groups is 1. The molecule has 0 aromatic carbocycles. The number of carbonyl (C=O) groups excluding carboxylic acids is 2. The van der Waals surface area contributed by atoms with E-state index in [0.29, 0.717) is 23.6 Å². The zero-order chi connectivity index (χ0) is 13.4. The summed E-state index contributed by atoms with van der Waals surface area (Å²) in [6.07, 6.45) is 0.877. The zero-order valence-electron chi connectivity index (χ0n) is 9.36. The molecule has 98 valence electrons. The van der Waals surface area contributed by atoms with E-state index in [0.717, 1.165) is 0 Å². The van der Waals surface area contributed by atoms with Gasteiger partial charge in [-0.1, -0.05) is 6.07 Å². The molecule has 0 aliphatic carbocycles. The lowest BCUT2D eigenvalue weighted by molar-refractivity contribution is -0.119. The van der Waals surface area contributed by atoms with Gasteiger partial charge in [0, 0.05) is 12.3 Å². The summed E-state index contributed by atoms with van der Waals surface area (Å²) in [5.41, 5.74) is 4.84. The van der Waals surface area contributed by atoms with Crippen LogP contribution in [0.15, 0.2) is 17.5 Å². The minimum atomic E-state index is -0.303. The molecule has 0 aliphatic rings. The fraction of sp³-hybridized carbons (Fsp3) is 0.300. The Morgan fingerprint density at radius 1 is 1.39 bits per heavy atom. The van der Waals surface area contributed by atoms with E-state index in [1.54, 1.807) is 17.5 Å². The summed E-state index contributed by atoms with van der Waals surface area (Å²) in [6.45, 7) is 0. The Balaban J connectivity index is 2.25. The predicted molar refractivity (Wildman–Crippen MR) is 75.6 cm³/mol. The molecule has 8 heteroatoms. The molecule has 3 N–H and O–H groups in total. The SMILES string of the molecule is O=C(CCCCl)NC(=S)NNC(=O)c1cccs1. The molecule has 18 heavy (non-hydrogen) atoms. The van der Waals surface area contributed by atoms with Crippen LogP contribution < -0.4 is 16.2 Å². The summed E-state index contributed by atoms with van der Waals surface area (Å²) < 4.78 is 0. The van der Waals surface area contributed by atoms with Crippen molar-refractivity contribution < 1.29 is 9.59 Å². The average molecular weight is 306 g/mol. The summed E-state index contributed by atoms with van der Waals surface area (Å²) in [5, 5.41) is 4.27. The Morgan fingerprint density at radius 2 is 2.17 bits per heavy atom. The van der Waals surface area contributed by atoms with Gasteiger partial charge in [0.25, 0.3) is 5.91 Å². The van der Waals surface area contributed by atoms with Gasteiger partial charge >= 0.3 is 0 Å². The number of nitrogens with one attached hydrogen (secondary N) is 3. The van der Waals surface area contributed by atoms with Gasteiger partial charge in [-0.15, -0.1) is 22.9 Å². The van der Waals surface area contributed by atoms with Crippen molar-refractivity contribution in [1.29, 1.82) is 0 Å². The van der Waals surface area contributed by atoms with E-state index in [2.05, 4.69) is 16.2 Å². The van der Waals surface area contributed by atoms with Gasteiger partial charge in [-0.25, -0.2) is 0 Å². The molecule has 1 aromatic rings. The molecule has 0 saturated heterocycles. The first-order valence-electron chi connectivity index (χ1n) is 5.13. The van der Waals surface area contributed by atoms with Gasteiger partial charge in [0.2, 0.25) is 5.91 Å². The second-order valence-corrected chi connectivity index (χ2v) is 4.96. The summed E-state index contributed by atoms with van der Waals surface area (Å²) in [5.74, 6) is -0.121. The molecule has 1 heterocycles. The third kappa shape index (κ3) is 5.44. The molecule has 0 radical (unpaired) electrons. The lowest BCUT2D eigenvalue weighted by atomic mass is 10.3. The first-order valence-corrected chi connectivity index (χ1v) is 6.95. The Morgan fingerprint density at radius 3 is 2.78 bits per heavy atom. The molecule has 0 bridgehead atoms. The van der Waals surface area contributed by atoms with Gasteiger partial charge in [-0.3, -0.25) is 20.4 Å². The maximum Gasteiger partial charge on any atom is 0.279 e. The number of halogens is 1. The molecule has 0 atom stereocenters. The summed E-state index contributed by atoms with van der Waals surface area (Å²) in [6, 6.07) is 3.45. The van der Waals surface area contributed by atoms with Crippen LogP contribution in [0.25, 0.3) is 0 Å². The maximum atomic E-state index is 11.5. The van der Waals surface area contributed by atoms with Crippen molar-refractivity contribution in [2.75, 3.05) is 5.88 Å². The van der Waals surface area contributed by atoms with E-state index in [4.69, 9.17) is 23.8 Å². The third-order valence-electron chi connectivity index (χ3n) is 1.82. The molecule has 0 spiro atoms. The standard InChI is InChI=1S/C10H12ClN3O2S2/c11-5-1-4-8(15)12-10(17)14-13-9(16)7-3-2-6-18-7/h2-3,6H,1,4-5H2,(H,13,16)(H2,12,14,15,17). The molecule has 0 saturated carbocycles. The number of hydrogen-bond donors (Lipinski definition) is 3. The van der Waals surface area contributed by atoms with E-state index in [-0.39, 0.29) is 16.9 Å². The minimum absolute atomic E-state index is 0.0551. The number of rotatable bonds is 4. The van der Waals surface area contributed by atoms with Crippen LogP contribution in [-0.4, -0.2) is 22.8 Å². The molecule has 5 nitrogen and oxygen atoms in total. The number of amides is 2. The minimum Gasteiger partial charge on any atom is -0.302 e. The van der Waals surface area contributed by atoms with Crippen LogP contribution in [0, 0.1) is 0 Å². The van der Waals surface area contributed by atoms with Crippen molar-refractivity contribution in [2.45, 2.75) is 12.8 Å². The maximum absolute atomic E-state index is 11.5.